The molecule has 3 aromatic heterocycles. The fourth-order valence-electron chi connectivity index (χ4n) is 3.33. The molecular formula is C19H19N3S2. The predicted octanol–water partition coefficient (Wildman–Crippen LogP) is 4.70. The average Bonchev–Trinajstić information content (AvgIpc) is 3.11. The third-order valence-electron chi connectivity index (χ3n) is 4.86. The molecule has 0 atom stereocenters. The first-order valence-corrected chi connectivity index (χ1v) is 10.3. The van der Waals surface area contributed by atoms with E-state index < -0.39 is 0 Å². The molecule has 1 saturated carbocycles. The lowest BCUT2D eigenvalue weighted by atomic mass is 10.1. The molecule has 122 valence electrons. The molecule has 5 rings (SSSR count). The van der Waals surface area contributed by atoms with Crippen molar-refractivity contribution >= 4 is 22.7 Å². The Hall–Kier alpha value is -1.56. The van der Waals surface area contributed by atoms with Gasteiger partial charge in [-0.15, -0.1) is 11.3 Å². The van der Waals surface area contributed by atoms with Crippen molar-refractivity contribution in [2.45, 2.75) is 38.3 Å². The topological polar surface area (TPSA) is 29.0 Å². The van der Waals surface area contributed by atoms with Gasteiger partial charge in [0.2, 0.25) is 0 Å². The molecule has 0 radical (unpaired) electrons. The number of thiophene rings is 2. The first-order chi connectivity index (χ1) is 11.8. The van der Waals surface area contributed by atoms with E-state index in [0.717, 1.165) is 31.9 Å². The number of fused-ring (bicyclic) bond motifs is 1. The normalized spacial score (nSPS) is 17.8. The van der Waals surface area contributed by atoms with Gasteiger partial charge in [0.05, 0.1) is 0 Å². The van der Waals surface area contributed by atoms with Crippen LogP contribution >= 0.6 is 22.7 Å². The second-order valence-corrected chi connectivity index (χ2v) is 8.52. The Bertz CT molecular complexity index is 849. The molecule has 24 heavy (non-hydrogen) atoms. The van der Waals surface area contributed by atoms with Crippen molar-refractivity contribution in [3.05, 3.63) is 56.4 Å². The molecule has 0 amide bonds. The lowest BCUT2D eigenvalue weighted by molar-refractivity contribution is 0.244. The molecule has 0 unspecified atom stereocenters. The summed E-state index contributed by atoms with van der Waals surface area (Å²) in [5.74, 6) is 1.73. The minimum atomic E-state index is 0.648. The van der Waals surface area contributed by atoms with E-state index in [1.807, 2.05) is 11.3 Å². The van der Waals surface area contributed by atoms with Crippen molar-refractivity contribution in [1.82, 2.24) is 14.9 Å². The number of rotatable bonds is 4. The Labute approximate surface area is 150 Å². The summed E-state index contributed by atoms with van der Waals surface area (Å²) in [4.78, 5) is 13.4. The zero-order valence-corrected chi connectivity index (χ0v) is 15.1. The quantitative estimate of drug-likeness (QED) is 0.680. The van der Waals surface area contributed by atoms with Crippen molar-refractivity contribution in [3.8, 4) is 11.1 Å². The smallest absolute Gasteiger partial charge is 0.131 e. The van der Waals surface area contributed by atoms with Gasteiger partial charge in [0.15, 0.2) is 0 Å². The number of hydrogen-bond donors (Lipinski definition) is 0. The van der Waals surface area contributed by atoms with E-state index in [2.05, 4.69) is 44.4 Å². The summed E-state index contributed by atoms with van der Waals surface area (Å²) in [7, 11) is 0. The van der Waals surface area contributed by atoms with Gasteiger partial charge < -0.3 is 0 Å². The molecule has 1 fully saturated rings. The molecule has 3 aromatic rings. The first-order valence-electron chi connectivity index (χ1n) is 8.52. The highest BCUT2D eigenvalue weighted by Gasteiger charge is 2.28. The summed E-state index contributed by atoms with van der Waals surface area (Å²) < 4.78 is 0. The van der Waals surface area contributed by atoms with E-state index in [9.17, 15) is 0 Å². The summed E-state index contributed by atoms with van der Waals surface area (Å²) in [5.41, 5.74) is 5.30. The fourth-order valence-corrected chi connectivity index (χ4v) is 4.93. The molecule has 0 spiro atoms. The Balaban J connectivity index is 1.29. The number of hydrogen-bond acceptors (Lipinski definition) is 5. The Kier molecular flexibility index (Phi) is 3.73. The van der Waals surface area contributed by atoms with Crippen molar-refractivity contribution in [2.24, 2.45) is 0 Å². The number of nitrogens with zero attached hydrogens (tertiary/aromatic N) is 3. The van der Waals surface area contributed by atoms with E-state index in [0.29, 0.717) is 5.92 Å². The lowest BCUT2D eigenvalue weighted by Crippen LogP contribution is -2.30. The third-order valence-corrected chi connectivity index (χ3v) is 6.47. The zero-order chi connectivity index (χ0) is 15.9. The largest absolute Gasteiger partial charge is 0.293 e. The number of aromatic nitrogens is 2. The molecule has 3 nitrogen and oxygen atoms in total. The molecule has 0 N–H and O–H groups in total. The standard InChI is InChI=1S/C19H19N3S2/c1-2-13(1)19-20-8-16-9-22(5-3-18(16)21-19)10-17-7-15(12-24-17)14-4-6-23-11-14/h4,6-8,11-13H,1-3,5,9-10H2. The highest BCUT2D eigenvalue weighted by atomic mass is 32.1. The van der Waals surface area contributed by atoms with Gasteiger partial charge in [-0.1, -0.05) is 0 Å². The Morgan fingerprint density at radius 3 is 3.00 bits per heavy atom. The molecule has 1 aliphatic carbocycles. The van der Waals surface area contributed by atoms with Crippen LogP contribution in [-0.2, 0) is 19.5 Å². The van der Waals surface area contributed by atoms with E-state index in [4.69, 9.17) is 4.98 Å². The molecule has 4 heterocycles. The van der Waals surface area contributed by atoms with Gasteiger partial charge in [-0.25, -0.2) is 9.97 Å². The Morgan fingerprint density at radius 1 is 1.21 bits per heavy atom. The van der Waals surface area contributed by atoms with Crippen LogP contribution in [0, 0.1) is 0 Å². The fraction of sp³-hybridized carbons (Fsp3) is 0.368. The van der Waals surface area contributed by atoms with Crippen molar-refractivity contribution < 1.29 is 0 Å². The maximum absolute atomic E-state index is 4.82. The van der Waals surface area contributed by atoms with Gasteiger partial charge in [0.1, 0.15) is 5.82 Å². The summed E-state index contributed by atoms with van der Waals surface area (Å²) in [6, 6.07) is 4.54. The molecule has 5 heteroatoms. The van der Waals surface area contributed by atoms with Gasteiger partial charge in [-0.3, -0.25) is 4.90 Å². The van der Waals surface area contributed by atoms with Gasteiger partial charge in [0.25, 0.3) is 0 Å². The Morgan fingerprint density at radius 2 is 2.17 bits per heavy atom. The third kappa shape index (κ3) is 2.92. The minimum absolute atomic E-state index is 0.648. The monoisotopic (exact) mass is 353 g/mol. The molecule has 0 aromatic carbocycles. The molecule has 2 aliphatic rings. The van der Waals surface area contributed by atoms with Gasteiger partial charge in [0, 0.05) is 54.3 Å². The maximum atomic E-state index is 4.82. The minimum Gasteiger partial charge on any atom is -0.293 e. The molecule has 0 saturated heterocycles. The van der Waals surface area contributed by atoms with Crippen molar-refractivity contribution in [2.75, 3.05) is 6.54 Å². The van der Waals surface area contributed by atoms with Crippen LogP contribution in [0.25, 0.3) is 11.1 Å². The van der Waals surface area contributed by atoms with Crippen LogP contribution in [-0.4, -0.2) is 21.4 Å². The van der Waals surface area contributed by atoms with Crippen LogP contribution in [0.1, 0.15) is 40.7 Å². The van der Waals surface area contributed by atoms with Crippen LogP contribution in [0.5, 0.6) is 0 Å². The lowest BCUT2D eigenvalue weighted by Gasteiger charge is -2.27. The van der Waals surface area contributed by atoms with Gasteiger partial charge in [-0.2, -0.15) is 11.3 Å². The summed E-state index contributed by atoms with van der Waals surface area (Å²) in [5, 5.41) is 6.64. The van der Waals surface area contributed by atoms with Gasteiger partial charge in [-0.05, 0) is 52.2 Å². The summed E-state index contributed by atoms with van der Waals surface area (Å²) >= 11 is 3.63. The van der Waals surface area contributed by atoms with E-state index >= 15 is 0 Å². The highest BCUT2D eigenvalue weighted by molar-refractivity contribution is 7.10. The van der Waals surface area contributed by atoms with Gasteiger partial charge >= 0.3 is 0 Å². The van der Waals surface area contributed by atoms with E-state index in [1.165, 1.54) is 40.1 Å². The zero-order valence-electron chi connectivity index (χ0n) is 13.4. The second kappa shape index (κ2) is 6.06. The maximum Gasteiger partial charge on any atom is 0.131 e. The second-order valence-electron chi connectivity index (χ2n) is 6.75. The van der Waals surface area contributed by atoms with Crippen LogP contribution in [0.4, 0.5) is 0 Å². The van der Waals surface area contributed by atoms with Crippen molar-refractivity contribution in [3.63, 3.8) is 0 Å². The molecule has 0 bridgehead atoms. The van der Waals surface area contributed by atoms with Crippen LogP contribution in [0.2, 0.25) is 0 Å². The summed E-state index contributed by atoms with van der Waals surface area (Å²) in [6.45, 7) is 3.10. The van der Waals surface area contributed by atoms with Crippen molar-refractivity contribution in [1.29, 1.82) is 0 Å². The summed E-state index contributed by atoms with van der Waals surface area (Å²) in [6.07, 6.45) is 5.68. The van der Waals surface area contributed by atoms with Crippen LogP contribution < -0.4 is 0 Å². The molecular weight excluding hydrogens is 334 g/mol. The van der Waals surface area contributed by atoms with E-state index in [-0.39, 0.29) is 0 Å². The van der Waals surface area contributed by atoms with Crippen LogP contribution in [0.15, 0.2) is 34.5 Å². The highest BCUT2D eigenvalue weighted by Crippen LogP contribution is 2.38. The SMILES string of the molecule is c1cc(-c2csc(CN3CCc4nc(C5CC5)ncc4C3)c2)cs1. The predicted molar refractivity (Wildman–Crippen MR) is 99.5 cm³/mol. The van der Waals surface area contributed by atoms with Crippen LogP contribution in [0.3, 0.4) is 0 Å². The first kappa shape index (κ1) is 14.8. The average molecular weight is 354 g/mol. The van der Waals surface area contributed by atoms with E-state index in [1.54, 1.807) is 11.3 Å². The molecule has 1 aliphatic heterocycles.